The van der Waals surface area contributed by atoms with Crippen molar-refractivity contribution >= 4 is 17.0 Å². The van der Waals surface area contributed by atoms with Gasteiger partial charge in [-0.15, -0.1) is 11.3 Å². The fourth-order valence-electron chi connectivity index (χ4n) is 2.40. The number of hydrogen-bond acceptors (Lipinski definition) is 4. The molecule has 0 bridgehead atoms. The smallest absolute Gasteiger partial charge is 0.155 e. The van der Waals surface area contributed by atoms with Gasteiger partial charge in [-0.25, -0.2) is 9.97 Å². The highest BCUT2D eigenvalue weighted by molar-refractivity contribution is 7.15. The molecule has 0 spiro atoms. The monoisotopic (exact) mass is 295 g/mol. The highest BCUT2D eigenvalue weighted by atomic mass is 32.1. The van der Waals surface area contributed by atoms with Crippen molar-refractivity contribution < 1.29 is 0 Å². The maximum atomic E-state index is 4.49. The molecule has 0 fully saturated rings. The molecule has 4 aromatic heterocycles. The van der Waals surface area contributed by atoms with Gasteiger partial charge >= 0.3 is 0 Å². The Bertz CT molecular complexity index is 901. The predicted molar refractivity (Wildman–Crippen MR) is 82.4 cm³/mol. The lowest BCUT2D eigenvalue weighted by atomic mass is 10.4. The topological polar surface area (TPSA) is 48.0 Å². The van der Waals surface area contributed by atoms with Gasteiger partial charge in [0, 0.05) is 29.7 Å². The predicted octanol–water partition coefficient (Wildman–Crippen LogP) is 3.01. The molecule has 4 rings (SSSR count). The molecule has 6 heteroatoms. The number of rotatable bonds is 3. The summed E-state index contributed by atoms with van der Waals surface area (Å²) in [6.45, 7) is 2.84. The molecule has 0 atom stereocenters. The lowest BCUT2D eigenvalue weighted by molar-refractivity contribution is 0.774. The average Bonchev–Trinajstić information content (AvgIpc) is 3.20. The summed E-state index contributed by atoms with van der Waals surface area (Å²) in [6.07, 6.45) is 11.2. The van der Waals surface area contributed by atoms with Crippen LogP contribution in [0.2, 0.25) is 0 Å². The second-order valence-electron chi connectivity index (χ2n) is 4.84. The molecule has 0 amide bonds. The molecule has 4 aromatic rings. The van der Waals surface area contributed by atoms with Crippen LogP contribution in [0.4, 0.5) is 0 Å². The third-order valence-electron chi connectivity index (χ3n) is 3.40. The second kappa shape index (κ2) is 4.82. The van der Waals surface area contributed by atoms with Gasteiger partial charge in [-0.3, -0.25) is 9.38 Å². The van der Waals surface area contributed by atoms with E-state index in [4.69, 9.17) is 0 Å². The van der Waals surface area contributed by atoms with Crippen LogP contribution < -0.4 is 0 Å². The quantitative estimate of drug-likeness (QED) is 0.584. The minimum atomic E-state index is 0.734. The summed E-state index contributed by atoms with van der Waals surface area (Å²) >= 11 is 1.76. The van der Waals surface area contributed by atoms with Crippen LogP contribution in [0.15, 0.2) is 49.3 Å². The van der Waals surface area contributed by atoms with Crippen molar-refractivity contribution in [3.63, 3.8) is 0 Å². The lowest BCUT2D eigenvalue weighted by Crippen LogP contribution is -2.03. The Morgan fingerprint density at radius 2 is 2.05 bits per heavy atom. The van der Waals surface area contributed by atoms with E-state index in [-0.39, 0.29) is 0 Å². The molecule has 0 saturated heterocycles. The SMILES string of the molecule is Cc1ccc(-c2nccn2Cc2cnc3cnccn23)s1. The second-order valence-corrected chi connectivity index (χ2v) is 6.13. The van der Waals surface area contributed by atoms with Crippen LogP contribution in [-0.4, -0.2) is 23.9 Å². The molecular formula is C15H13N5S. The van der Waals surface area contributed by atoms with Gasteiger partial charge in [-0.1, -0.05) is 0 Å². The first-order chi connectivity index (χ1) is 10.3. The molecule has 0 saturated carbocycles. The lowest BCUT2D eigenvalue weighted by Gasteiger charge is -2.06. The fourth-order valence-corrected chi connectivity index (χ4v) is 3.28. The van der Waals surface area contributed by atoms with Gasteiger partial charge in [0.2, 0.25) is 0 Å². The van der Waals surface area contributed by atoms with Gasteiger partial charge < -0.3 is 4.57 Å². The van der Waals surface area contributed by atoms with Crippen LogP contribution in [-0.2, 0) is 6.54 Å². The maximum Gasteiger partial charge on any atom is 0.155 e. The van der Waals surface area contributed by atoms with E-state index in [0.717, 1.165) is 23.7 Å². The van der Waals surface area contributed by atoms with E-state index in [1.807, 2.05) is 24.8 Å². The number of thiophene rings is 1. The Morgan fingerprint density at radius 3 is 2.90 bits per heavy atom. The Labute approximate surface area is 125 Å². The van der Waals surface area contributed by atoms with Crippen LogP contribution in [0.1, 0.15) is 10.6 Å². The van der Waals surface area contributed by atoms with Crippen LogP contribution in [0.3, 0.4) is 0 Å². The van der Waals surface area contributed by atoms with Crippen molar-refractivity contribution in [2.45, 2.75) is 13.5 Å². The summed E-state index contributed by atoms with van der Waals surface area (Å²) in [4.78, 5) is 15.4. The molecule has 4 heterocycles. The number of aryl methyl sites for hydroxylation is 1. The van der Waals surface area contributed by atoms with E-state index < -0.39 is 0 Å². The van der Waals surface area contributed by atoms with E-state index >= 15 is 0 Å². The molecule has 0 radical (unpaired) electrons. The van der Waals surface area contributed by atoms with Crippen molar-refractivity contribution in [1.82, 2.24) is 23.9 Å². The summed E-state index contributed by atoms with van der Waals surface area (Å²) in [6, 6.07) is 4.25. The minimum Gasteiger partial charge on any atom is -0.324 e. The Kier molecular flexibility index (Phi) is 2.82. The van der Waals surface area contributed by atoms with Crippen LogP contribution in [0, 0.1) is 6.92 Å². The van der Waals surface area contributed by atoms with Gasteiger partial charge in [0.25, 0.3) is 0 Å². The molecule has 0 N–H and O–H groups in total. The standard InChI is InChI=1S/C15H13N5S/c1-11-2-3-13(21-11)15-17-5-6-19(15)10-12-8-18-14-9-16-4-7-20(12)14/h2-9H,10H2,1H3. The summed E-state index contributed by atoms with van der Waals surface area (Å²) < 4.78 is 4.20. The summed E-state index contributed by atoms with van der Waals surface area (Å²) in [5.41, 5.74) is 1.97. The molecule has 0 unspecified atom stereocenters. The Morgan fingerprint density at radius 1 is 1.10 bits per heavy atom. The van der Waals surface area contributed by atoms with Crippen LogP contribution >= 0.6 is 11.3 Å². The highest BCUT2D eigenvalue weighted by Gasteiger charge is 2.10. The van der Waals surface area contributed by atoms with Gasteiger partial charge in [0.05, 0.1) is 29.5 Å². The Hall–Kier alpha value is -2.47. The summed E-state index contributed by atoms with van der Waals surface area (Å²) in [5, 5.41) is 0. The molecule has 0 aliphatic heterocycles. The van der Waals surface area contributed by atoms with Crippen molar-refractivity contribution in [1.29, 1.82) is 0 Å². The number of nitrogens with zero attached hydrogens (tertiary/aromatic N) is 5. The summed E-state index contributed by atoms with van der Waals surface area (Å²) in [7, 11) is 0. The number of aromatic nitrogens is 5. The number of imidazole rings is 2. The molecular weight excluding hydrogens is 282 g/mol. The molecule has 21 heavy (non-hydrogen) atoms. The molecule has 0 aromatic carbocycles. The van der Waals surface area contributed by atoms with E-state index in [1.165, 1.54) is 9.75 Å². The summed E-state index contributed by atoms with van der Waals surface area (Å²) in [5.74, 6) is 0.997. The van der Waals surface area contributed by atoms with Gasteiger partial charge in [-0.05, 0) is 19.1 Å². The third kappa shape index (κ3) is 2.13. The molecule has 0 aliphatic rings. The Balaban J connectivity index is 1.74. The van der Waals surface area contributed by atoms with E-state index in [2.05, 4.69) is 43.0 Å². The first kappa shape index (κ1) is 12.3. The maximum absolute atomic E-state index is 4.49. The normalized spacial score (nSPS) is 11.3. The minimum absolute atomic E-state index is 0.734. The average molecular weight is 295 g/mol. The van der Waals surface area contributed by atoms with Gasteiger partial charge in [-0.2, -0.15) is 0 Å². The molecule has 104 valence electrons. The van der Waals surface area contributed by atoms with Crippen LogP contribution in [0.25, 0.3) is 16.3 Å². The molecule has 5 nitrogen and oxygen atoms in total. The van der Waals surface area contributed by atoms with E-state index in [1.54, 1.807) is 23.7 Å². The number of fused-ring (bicyclic) bond motifs is 1. The zero-order valence-electron chi connectivity index (χ0n) is 11.5. The first-order valence-electron chi connectivity index (χ1n) is 6.65. The fraction of sp³-hybridized carbons (Fsp3) is 0.133. The number of hydrogen-bond donors (Lipinski definition) is 0. The van der Waals surface area contributed by atoms with Crippen molar-refractivity contribution in [3.8, 4) is 10.7 Å². The van der Waals surface area contributed by atoms with Crippen LogP contribution in [0.5, 0.6) is 0 Å². The van der Waals surface area contributed by atoms with E-state index in [9.17, 15) is 0 Å². The molecule has 0 aliphatic carbocycles. The zero-order valence-corrected chi connectivity index (χ0v) is 12.3. The van der Waals surface area contributed by atoms with E-state index in [0.29, 0.717) is 0 Å². The van der Waals surface area contributed by atoms with Crippen molar-refractivity contribution in [2.75, 3.05) is 0 Å². The van der Waals surface area contributed by atoms with Gasteiger partial charge in [0.15, 0.2) is 5.65 Å². The largest absolute Gasteiger partial charge is 0.324 e. The highest BCUT2D eigenvalue weighted by Crippen LogP contribution is 2.26. The first-order valence-corrected chi connectivity index (χ1v) is 7.47. The van der Waals surface area contributed by atoms with Crippen molar-refractivity contribution in [3.05, 3.63) is 59.9 Å². The van der Waals surface area contributed by atoms with Crippen molar-refractivity contribution in [2.24, 2.45) is 0 Å². The van der Waals surface area contributed by atoms with Gasteiger partial charge in [0.1, 0.15) is 5.82 Å². The third-order valence-corrected chi connectivity index (χ3v) is 4.40. The zero-order chi connectivity index (χ0) is 14.2.